The van der Waals surface area contributed by atoms with Crippen molar-refractivity contribution < 1.29 is 19.1 Å². The molecule has 0 fully saturated rings. The van der Waals surface area contributed by atoms with Crippen molar-refractivity contribution in [3.63, 3.8) is 0 Å². The summed E-state index contributed by atoms with van der Waals surface area (Å²) in [5.74, 6) is 0.297. The van der Waals surface area contributed by atoms with Crippen LogP contribution >= 0.6 is 45.2 Å². The van der Waals surface area contributed by atoms with Crippen LogP contribution in [0.25, 0.3) is 0 Å². The average molecular weight is 673 g/mol. The Morgan fingerprint density at radius 3 is 2.58 bits per heavy atom. The zero-order valence-electron chi connectivity index (χ0n) is 17.5. The quantitative estimate of drug-likeness (QED) is 0.182. The Hall–Kier alpha value is -2.68. The summed E-state index contributed by atoms with van der Waals surface area (Å²) in [6, 6.07) is 12.1. The molecule has 2 amide bonds. The van der Waals surface area contributed by atoms with Gasteiger partial charge in [0, 0.05) is 18.3 Å². The Labute approximate surface area is 218 Å². The lowest BCUT2D eigenvalue weighted by Gasteiger charge is -2.16. The number of aromatic amines is 1. The average Bonchev–Trinajstić information content (AvgIpc) is 3.31. The van der Waals surface area contributed by atoms with E-state index in [-0.39, 0.29) is 13.0 Å². The molecule has 0 spiro atoms. The van der Waals surface area contributed by atoms with Gasteiger partial charge in [-0.25, -0.2) is 15.2 Å². The van der Waals surface area contributed by atoms with E-state index in [2.05, 4.69) is 71.0 Å². The van der Waals surface area contributed by atoms with E-state index in [1.54, 1.807) is 13.3 Å². The topological polar surface area (TPSA) is 118 Å². The lowest BCUT2D eigenvalue weighted by molar-refractivity contribution is -0.123. The molecule has 0 aliphatic heterocycles. The van der Waals surface area contributed by atoms with Gasteiger partial charge >= 0.3 is 6.09 Å². The van der Waals surface area contributed by atoms with Crippen molar-refractivity contribution in [3.05, 3.63) is 78.9 Å². The summed E-state index contributed by atoms with van der Waals surface area (Å²) in [6.45, 7) is 0.0952. The van der Waals surface area contributed by atoms with Crippen LogP contribution in [0.3, 0.4) is 0 Å². The standard InChI is InChI=1S/C22H21I2N5O4/c1-32-20-17(23)7-15(8-18(20)24)10-27-29-21(30)19(9-16-11-25-13-26-16)28-22(31)33-12-14-5-3-2-4-6-14/h2-8,10-11,13,19H,9,12H2,1H3,(H,25,26)(H,28,31)(H,29,30)/b27-10-/t19-/m1/s1. The van der Waals surface area contributed by atoms with Gasteiger partial charge < -0.3 is 19.8 Å². The van der Waals surface area contributed by atoms with Crippen LogP contribution < -0.4 is 15.5 Å². The summed E-state index contributed by atoms with van der Waals surface area (Å²) in [5.41, 5.74) is 4.80. The molecule has 3 N–H and O–H groups in total. The lowest BCUT2D eigenvalue weighted by Crippen LogP contribution is -2.47. The molecule has 1 aromatic heterocycles. The van der Waals surface area contributed by atoms with Crippen LogP contribution in [-0.2, 0) is 22.6 Å². The SMILES string of the molecule is COc1c(I)cc(/C=N\NC(=O)[C@@H](Cc2cnc[nH]2)NC(=O)OCc2ccccc2)cc1I. The molecule has 9 nitrogen and oxygen atoms in total. The number of imidazole rings is 1. The fourth-order valence-corrected chi connectivity index (χ4v) is 5.09. The molecule has 3 rings (SSSR count). The normalized spacial score (nSPS) is 11.7. The molecule has 0 bridgehead atoms. The molecule has 0 saturated carbocycles. The number of alkyl carbamates (subject to hydrolysis) is 1. The predicted octanol–water partition coefficient (Wildman–Crippen LogP) is 3.62. The van der Waals surface area contributed by atoms with E-state index in [1.807, 2.05) is 42.5 Å². The van der Waals surface area contributed by atoms with Crippen molar-refractivity contribution in [2.45, 2.75) is 19.1 Å². The molecule has 1 atom stereocenters. The minimum Gasteiger partial charge on any atom is -0.495 e. The van der Waals surface area contributed by atoms with Crippen molar-refractivity contribution in [1.29, 1.82) is 0 Å². The number of hydrazone groups is 1. The van der Waals surface area contributed by atoms with Crippen molar-refractivity contribution in [2.24, 2.45) is 5.10 Å². The number of hydrogen-bond acceptors (Lipinski definition) is 6. The number of methoxy groups -OCH3 is 1. The Balaban J connectivity index is 1.62. The second-order valence-electron chi connectivity index (χ2n) is 6.79. The van der Waals surface area contributed by atoms with Crippen LogP contribution in [0.1, 0.15) is 16.8 Å². The Kier molecular flexibility index (Phi) is 9.47. The van der Waals surface area contributed by atoms with Crippen LogP contribution in [-0.4, -0.2) is 41.3 Å². The lowest BCUT2D eigenvalue weighted by atomic mass is 10.1. The molecule has 33 heavy (non-hydrogen) atoms. The maximum absolute atomic E-state index is 12.8. The Morgan fingerprint density at radius 2 is 1.94 bits per heavy atom. The number of nitrogens with one attached hydrogen (secondary N) is 3. The summed E-state index contributed by atoms with van der Waals surface area (Å²) in [4.78, 5) is 31.9. The number of halogens is 2. The number of H-pyrrole nitrogens is 1. The highest BCUT2D eigenvalue weighted by Gasteiger charge is 2.22. The highest BCUT2D eigenvalue weighted by atomic mass is 127. The predicted molar refractivity (Wildman–Crippen MR) is 140 cm³/mol. The molecule has 0 saturated heterocycles. The number of carbonyl (C=O) groups excluding carboxylic acids is 2. The Bertz CT molecular complexity index is 1080. The number of rotatable bonds is 9. The maximum Gasteiger partial charge on any atom is 0.408 e. The third kappa shape index (κ3) is 7.70. The first-order chi connectivity index (χ1) is 16.0. The van der Waals surface area contributed by atoms with Crippen molar-refractivity contribution in [2.75, 3.05) is 7.11 Å². The van der Waals surface area contributed by atoms with Crippen molar-refractivity contribution in [1.82, 2.24) is 20.7 Å². The zero-order valence-corrected chi connectivity index (χ0v) is 21.9. The third-order valence-corrected chi connectivity index (χ3v) is 6.02. The number of hydrogen-bond donors (Lipinski definition) is 3. The van der Waals surface area contributed by atoms with Gasteiger partial charge in [0.25, 0.3) is 5.91 Å². The van der Waals surface area contributed by atoms with Crippen LogP contribution in [0.2, 0.25) is 0 Å². The monoisotopic (exact) mass is 673 g/mol. The van der Waals surface area contributed by atoms with Crippen LogP contribution in [0.15, 0.2) is 60.1 Å². The number of benzene rings is 2. The summed E-state index contributed by atoms with van der Waals surface area (Å²) in [7, 11) is 1.62. The molecular weight excluding hydrogens is 652 g/mol. The summed E-state index contributed by atoms with van der Waals surface area (Å²) >= 11 is 4.35. The van der Waals surface area contributed by atoms with Crippen LogP contribution in [0.4, 0.5) is 4.79 Å². The molecule has 0 aliphatic rings. The van der Waals surface area contributed by atoms with Gasteiger partial charge in [-0.1, -0.05) is 30.3 Å². The third-order valence-electron chi connectivity index (χ3n) is 4.41. The smallest absolute Gasteiger partial charge is 0.408 e. The van der Waals surface area contributed by atoms with E-state index in [9.17, 15) is 9.59 Å². The zero-order chi connectivity index (χ0) is 23.6. The molecule has 1 heterocycles. The summed E-state index contributed by atoms with van der Waals surface area (Å²) in [5, 5.41) is 6.63. The minimum atomic E-state index is -0.915. The molecule has 3 aromatic rings. The number of amides is 2. The van der Waals surface area contributed by atoms with Gasteiger partial charge in [-0.15, -0.1) is 0 Å². The number of ether oxygens (including phenoxy) is 2. The van der Waals surface area contributed by atoms with Gasteiger partial charge in [-0.05, 0) is 68.4 Å². The molecule has 11 heteroatoms. The maximum atomic E-state index is 12.8. The van der Waals surface area contributed by atoms with E-state index < -0.39 is 18.0 Å². The molecule has 0 aliphatic carbocycles. The highest BCUT2D eigenvalue weighted by Crippen LogP contribution is 2.27. The van der Waals surface area contributed by atoms with Crippen LogP contribution in [0, 0.1) is 7.14 Å². The van der Waals surface area contributed by atoms with Crippen molar-refractivity contribution in [3.8, 4) is 5.75 Å². The van der Waals surface area contributed by atoms with Gasteiger partial charge in [0.2, 0.25) is 0 Å². The van der Waals surface area contributed by atoms with E-state index >= 15 is 0 Å². The van der Waals surface area contributed by atoms with Gasteiger partial charge in [-0.2, -0.15) is 5.10 Å². The summed E-state index contributed by atoms with van der Waals surface area (Å²) in [6.07, 6.45) is 4.11. The number of carbonyl (C=O) groups is 2. The van der Waals surface area contributed by atoms with Gasteiger partial charge in [0.05, 0.1) is 26.8 Å². The highest BCUT2D eigenvalue weighted by molar-refractivity contribution is 14.1. The first-order valence-electron chi connectivity index (χ1n) is 9.76. The van der Waals surface area contributed by atoms with Gasteiger partial charge in [0.15, 0.2) is 0 Å². The molecule has 172 valence electrons. The van der Waals surface area contributed by atoms with E-state index in [0.717, 1.165) is 24.0 Å². The number of aromatic nitrogens is 2. The molecular formula is C22H21I2N5O4. The number of nitrogens with zero attached hydrogens (tertiary/aromatic N) is 2. The van der Waals surface area contributed by atoms with Gasteiger partial charge in [0.1, 0.15) is 18.4 Å². The minimum absolute atomic E-state index is 0.0952. The second kappa shape index (κ2) is 12.5. The molecule has 2 aromatic carbocycles. The van der Waals surface area contributed by atoms with E-state index in [0.29, 0.717) is 5.69 Å². The van der Waals surface area contributed by atoms with Crippen LogP contribution in [0.5, 0.6) is 5.75 Å². The van der Waals surface area contributed by atoms with E-state index in [1.165, 1.54) is 12.5 Å². The van der Waals surface area contributed by atoms with Crippen molar-refractivity contribution >= 4 is 63.4 Å². The first-order valence-corrected chi connectivity index (χ1v) is 11.9. The second-order valence-corrected chi connectivity index (χ2v) is 9.12. The largest absolute Gasteiger partial charge is 0.495 e. The fraction of sp³-hybridized carbons (Fsp3) is 0.182. The van der Waals surface area contributed by atoms with E-state index in [4.69, 9.17) is 9.47 Å². The van der Waals surface area contributed by atoms with Gasteiger partial charge in [-0.3, -0.25) is 4.79 Å². The summed E-state index contributed by atoms with van der Waals surface area (Å²) < 4.78 is 12.4. The molecule has 0 radical (unpaired) electrons. The fourth-order valence-electron chi connectivity index (χ4n) is 2.83. The first kappa shape index (κ1) is 25.0. The Morgan fingerprint density at radius 1 is 1.21 bits per heavy atom. The molecule has 0 unspecified atom stereocenters.